The number of rotatable bonds is 4. The zero-order valence-corrected chi connectivity index (χ0v) is 11.8. The lowest BCUT2D eigenvalue weighted by atomic mass is 10.2. The summed E-state index contributed by atoms with van der Waals surface area (Å²) in [5.41, 5.74) is 2.15. The highest BCUT2D eigenvalue weighted by Crippen LogP contribution is 2.21. The highest BCUT2D eigenvalue weighted by atomic mass is 79.9. The molecule has 0 radical (unpaired) electrons. The number of aromatic nitrogens is 2. The van der Waals surface area contributed by atoms with Crippen molar-refractivity contribution >= 4 is 15.9 Å². The first-order chi connectivity index (χ1) is 8.09. The van der Waals surface area contributed by atoms with Gasteiger partial charge in [-0.1, -0.05) is 0 Å². The van der Waals surface area contributed by atoms with Gasteiger partial charge in [-0.2, -0.15) is 5.10 Å². The van der Waals surface area contributed by atoms with Gasteiger partial charge in [0, 0.05) is 13.6 Å². The Bertz CT molecular complexity index is 490. The quantitative estimate of drug-likeness (QED) is 0.943. The standard InChI is InChI=1S/C12H16BrN3O/c1-8(11-5-4-6-17-11)14-7-10-12(13)9(2)15-16(10)3/h4-6,8,14H,7H2,1-3H3. The molecule has 0 amide bonds. The highest BCUT2D eigenvalue weighted by Gasteiger charge is 2.13. The van der Waals surface area contributed by atoms with Crippen molar-refractivity contribution < 1.29 is 4.42 Å². The highest BCUT2D eigenvalue weighted by molar-refractivity contribution is 9.10. The number of aryl methyl sites for hydroxylation is 2. The molecular weight excluding hydrogens is 282 g/mol. The molecule has 0 fully saturated rings. The van der Waals surface area contributed by atoms with Crippen LogP contribution in [-0.4, -0.2) is 9.78 Å². The molecule has 0 aliphatic heterocycles. The maximum absolute atomic E-state index is 5.35. The van der Waals surface area contributed by atoms with Gasteiger partial charge in [0.25, 0.3) is 0 Å². The second-order valence-electron chi connectivity index (χ2n) is 4.09. The van der Waals surface area contributed by atoms with Crippen LogP contribution in [0.15, 0.2) is 27.3 Å². The summed E-state index contributed by atoms with van der Waals surface area (Å²) in [6.45, 7) is 4.82. The Morgan fingerprint density at radius 1 is 1.59 bits per heavy atom. The van der Waals surface area contributed by atoms with Gasteiger partial charge in [0.05, 0.1) is 28.2 Å². The predicted molar refractivity (Wildman–Crippen MR) is 69.6 cm³/mol. The van der Waals surface area contributed by atoms with Crippen LogP contribution in [0, 0.1) is 6.92 Å². The minimum atomic E-state index is 0.187. The van der Waals surface area contributed by atoms with Crippen molar-refractivity contribution in [1.82, 2.24) is 15.1 Å². The maximum atomic E-state index is 5.35. The lowest BCUT2D eigenvalue weighted by molar-refractivity contribution is 0.425. The van der Waals surface area contributed by atoms with Gasteiger partial charge in [-0.3, -0.25) is 4.68 Å². The average molecular weight is 298 g/mol. The lowest BCUT2D eigenvalue weighted by Gasteiger charge is -2.11. The molecule has 2 rings (SSSR count). The van der Waals surface area contributed by atoms with E-state index in [1.165, 1.54) is 0 Å². The molecule has 0 aromatic carbocycles. The number of nitrogens with zero attached hydrogens (tertiary/aromatic N) is 2. The van der Waals surface area contributed by atoms with E-state index in [0.717, 1.165) is 28.2 Å². The molecule has 0 aliphatic rings. The Hall–Kier alpha value is -1.07. The van der Waals surface area contributed by atoms with Gasteiger partial charge >= 0.3 is 0 Å². The Balaban J connectivity index is 2.03. The fraction of sp³-hybridized carbons (Fsp3) is 0.417. The van der Waals surface area contributed by atoms with Crippen LogP contribution in [0.1, 0.15) is 30.1 Å². The first-order valence-electron chi connectivity index (χ1n) is 5.54. The summed E-state index contributed by atoms with van der Waals surface area (Å²) in [5.74, 6) is 0.944. The monoisotopic (exact) mass is 297 g/mol. The van der Waals surface area contributed by atoms with E-state index < -0.39 is 0 Å². The normalized spacial score (nSPS) is 12.9. The molecule has 2 heterocycles. The second kappa shape index (κ2) is 5.06. The van der Waals surface area contributed by atoms with E-state index in [1.807, 2.05) is 30.8 Å². The summed E-state index contributed by atoms with van der Waals surface area (Å²) in [5, 5.41) is 7.77. The molecule has 92 valence electrons. The van der Waals surface area contributed by atoms with E-state index in [-0.39, 0.29) is 6.04 Å². The Labute approximate surface area is 109 Å². The third-order valence-corrected chi connectivity index (χ3v) is 3.84. The summed E-state index contributed by atoms with van der Waals surface area (Å²) in [4.78, 5) is 0. The van der Waals surface area contributed by atoms with Gasteiger partial charge in [0.2, 0.25) is 0 Å². The summed E-state index contributed by atoms with van der Waals surface area (Å²) in [6, 6.07) is 4.06. The van der Waals surface area contributed by atoms with Crippen molar-refractivity contribution in [2.75, 3.05) is 0 Å². The van der Waals surface area contributed by atoms with Gasteiger partial charge in [0.15, 0.2) is 0 Å². The van der Waals surface area contributed by atoms with E-state index in [0.29, 0.717) is 0 Å². The molecule has 2 aromatic heterocycles. The third-order valence-electron chi connectivity index (χ3n) is 2.81. The predicted octanol–water partition coefficient (Wildman–Crippen LogP) is 2.93. The molecule has 1 atom stereocenters. The topological polar surface area (TPSA) is 43.0 Å². The summed E-state index contributed by atoms with van der Waals surface area (Å²) in [7, 11) is 1.95. The van der Waals surface area contributed by atoms with Crippen LogP contribution in [-0.2, 0) is 13.6 Å². The fourth-order valence-corrected chi connectivity index (χ4v) is 2.24. The minimum Gasteiger partial charge on any atom is -0.468 e. The van der Waals surface area contributed by atoms with Crippen molar-refractivity contribution in [2.24, 2.45) is 7.05 Å². The van der Waals surface area contributed by atoms with Gasteiger partial charge in [-0.25, -0.2) is 0 Å². The SMILES string of the molecule is Cc1nn(C)c(CNC(C)c2ccco2)c1Br. The first-order valence-corrected chi connectivity index (χ1v) is 6.33. The summed E-state index contributed by atoms with van der Waals surface area (Å²) in [6.07, 6.45) is 1.69. The molecule has 0 spiro atoms. The van der Waals surface area contributed by atoms with Crippen LogP contribution in [0.2, 0.25) is 0 Å². The van der Waals surface area contributed by atoms with Crippen LogP contribution in [0.4, 0.5) is 0 Å². The van der Waals surface area contributed by atoms with Crippen molar-refractivity contribution in [2.45, 2.75) is 26.4 Å². The molecule has 2 aromatic rings. The molecule has 0 saturated carbocycles. The maximum Gasteiger partial charge on any atom is 0.120 e. The Morgan fingerprint density at radius 3 is 2.88 bits per heavy atom. The minimum absolute atomic E-state index is 0.187. The van der Waals surface area contributed by atoms with Gasteiger partial charge in [-0.15, -0.1) is 0 Å². The van der Waals surface area contributed by atoms with E-state index in [2.05, 4.69) is 33.3 Å². The fourth-order valence-electron chi connectivity index (χ4n) is 1.76. The number of hydrogen-bond donors (Lipinski definition) is 1. The molecule has 0 aliphatic carbocycles. The van der Waals surface area contributed by atoms with E-state index in [9.17, 15) is 0 Å². The number of furan rings is 1. The second-order valence-corrected chi connectivity index (χ2v) is 4.88. The largest absolute Gasteiger partial charge is 0.468 e. The van der Waals surface area contributed by atoms with Crippen LogP contribution in [0.3, 0.4) is 0 Å². The molecule has 1 unspecified atom stereocenters. The van der Waals surface area contributed by atoms with Gasteiger partial charge in [0.1, 0.15) is 5.76 Å². The van der Waals surface area contributed by atoms with E-state index in [1.54, 1.807) is 6.26 Å². The van der Waals surface area contributed by atoms with Crippen molar-refractivity contribution in [3.05, 3.63) is 40.0 Å². The van der Waals surface area contributed by atoms with Crippen molar-refractivity contribution in [1.29, 1.82) is 0 Å². The van der Waals surface area contributed by atoms with E-state index >= 15 is 0 Å². The zero-order chi connectivity index (χ0) is 12.4. The lowest BCUT2D eigenvalue weighted by Crippen LogP contribution is -2.19. The van der Waals surface area contributed by atoms with Crippen LogP contribution in [0.25, 0.3) is 0 Å². The summed E-state index contributed by atoms with van der Waals surface area (Å²) >= 11 is 3.55. The number of hydrogen-bond acceptors (Lipinski definition) is 3. The molecular formula is C12H16BrN3O. The summed E-state index contributed by atoms with van der Waals surface area (Å²) < 4.78 is 8.31. The molecule has 1 N–H and O–H groups in total. The van der Waals surface area contributed by atoms with Crippen LogP contribution >= 0.6 is 15.9 Å². The van der Waals surface area contributed by atoms with Crippen molar-refractivity contribution in [3.8, 4) is 0 Å². The smallest absolute Gasteiger partial charge is 0.120 e. The third kappa shape index (κ3) is 2.61. The molecule has 0 saturated heterocycles. The molecule has 0 bridgehead atoms. The number of halogens is 1. The van der Waals surface area contributed by atoms with Crippen molar-refractivity contribution in [3.63, 3.8) is 0 Å². The molecule has 17 heavy (non-hydrogen) atoms. The molecule has 4 nitrogen and oxygen atoms in total. The van der Waals surface area contributed by atoms with E-state index in [4.69, 9.17) is 4.42 Å². The average Bonchev–Trinajstić information content (AvgIpc) is 2.88. The van der Waals surface area contributed by atoms with Crippen LogP contribution < -0.4 is 5.32 Å². The first kappa shape index (κ1) is 12.4. The number of nitrogens with one attached hydrogen (secondary N) is 1. The van der Waals surface area contributed by atoms with Crippen LogP contribution in [0.5, 0.6) is 0 Å². The Kier molecular flexibility index (Phi) is 3.69. The van der Waals surface area contributed by atoms with Gasteiger partial charge in [-0.05, 0) is 41.9 Å². The zero-order valence-electron chi connectivity index (χ0n) is 10.2. The molecule has 5 heteroatoms. The van der Waals surface area contributed by atoms with Gasteiger partial charge < -0.3 is 9.73 Å². The Morgan fingerprint density at radius 2 is 2.35 bits per heavy atom.